The van der Waals surface area contributed by atoms with Gasteiger partial charge < -0.3 is 15.4 Å². The molecule has 0 bridgehead atoms. The van der Waals surface area contributed by atoms with E-state index in [1.165, 1.54) is 6.92 Å². The molecule has 1 aliphatic heterocycles. The average molecular weight is 429 g/mol. The second-order valence-corrected chi connectivity index (χ2v) is 6.90. The molecule has 2 N–H and O–H groups in total. The van der Waals surface area contributed by atoms with Crippen molar-refractivity contribution in [1.82, 2.24) is 5.32 Å². The lowest BCUT2D eigenvalue weighted by Crippen LogP contribution is -2.28. The minimum atomic E-state index is -4.67. The van der Waals surface area contributed by atoms with Gasteiger partial charge in [-0.25, -0.2) is 13.8 Å². The molecule has 4 nitrogen and oxygen atoms in total. The number of rotatable bonds is 7. The van der Waals surface area contributed by atoms with Crippen LogP contribution in [0.1, 0.15) is 19.8 Å². The molecular weight excluding hydrogens is 405 g/mol. The van der Waals surface area contributed by atoms with Crippen LogP contribution < -0.4 is 10.6 Å². The molecule has 1 saturated heterocycles. The first-order valence-corrected chi connectivity index (χ1v) is 9.32. The van der Waals surface area contributed by atoms with E-state index in [0.717, 1.165) is 31.2 Å². The summed E-state index contributed by atoms with van der Waals surface area (Å²) in [5.41, 5.74) is -1.43. The third-order valence-electron chi connectivity index (χ3n) is 4.57. The van der Waals surface area contributed by atoms with E-state index in [1.807, 2.05) is 0 Å². The van der Waals surface area contributed by atoms with Gasteiger partial charge in [-0.3, -0.25) is 0 Å². The topological polar surface area (TPSA) is 45.6 Å². The van der Waals surface area contributed by atoms with Crippen LogP contribution in [0.15, 0.2) is 59.4 Å². The van der Waals surface area contributed by atoms with Crippen molar-refractivity contribution in [3.05, 3.63) is 66.0 Å². The Labute approximate surface area is 172 Å². The predicted octanol–water partition coefficient (Wildman–Crippen LogP) is 5.33. The summed E-state index contributed by atoms with van der Waals surface area (Å²) in [4.78, 5) is 3.94. The van der Waals surface area contributed by atoms with Crippen LogP contribution in [0.5, 0.6) is 0 Å². The molecule has 1 fully saturated rings. The highest BCUT2D eigenvalue weighted by Crippen LogP contribution is 2.32. The van der Waals surface area contributed by atoms with Crippen LogP contribution in [0.3, 0.4) is 0 Å². The van der Waals surface area contributed by atoms with Gasteiger partial charge in [-0.1, -0.05) is 13.2 Å². The quantitative estimate of drug-likeness (QED) is 0.267. The van der Waals surface area contributed by atoms with Crippen LogP contribution in [-0.4, -0.2) is 31.8 Å². The Hall–Kier alpha value is -2.68. The van der Waals surface area contributed by atoms with Crippen LogP contribution >= 0.6 is 0 Å². The van der Waals surface area contributed by atoms with Gasteiger partial charge in [0.15, 0.2) is 0 Å². The van der Waals surface area contributed by atoms with Crippen LogP contribution in [-0.2, 0) is 4.74 Å². The zero-order chi connectivity index (χ0) is 22.3. The van der Waals surface area contributed by atoms with Gasteiger partial charge >= 0.3 is 6.18 Å². The van der Waals surface area contributed by atoms with E-state index in [4.69, 9.17) is 4.74 Å². The summed E-state index contributed by atoms with van der Waals surface area (Å²) in [5.74, 6) is -1.23. The summed E-state index contributed by atoms with van der Waals surface area (Å²) >= 11 is 0. The molecule has 0 spiro atoms. The van der Waals surface area contributed by atoms with E-state index in [9.17, 15) is 22.0 Å². The van der Waals surface area contributed by atoms with Gasteiger partial charge in [0, 0.05) is 43.3 Å². The number of amidine groups is 1. The fraction of sp³-hybridized carbons (Fsp3) is 0.381. The van der Waals surface area contributed by atoms with Gasteiger partial charge in [-0.05, 0) is 37.8 Å². The monoisotopic (exact) mass is 429 g/mol. The smallest absolute Gasteiger partial charge is 0.385 e. The molecule has 30 heavy (non-hydrogen) atoms. The van der Waals surface area contributed by atoms with Crippen molar-refractivity contribution in [3.63, 3.8) is 0 Å². The summed E-state index contributed by atoms with van der Waals surface area (Å²) in [7, 11) is 0. The van der Waals surface area contributed by atoms with Crippen molar-refractivity contribution in [3.8, 4) is 0 Å². The summed E-state index contributed by atoms with van der Waals surface area (Å²) in [6, 6.07) is 2.90. The highest BCUT2D eigenvalue weighted by atomic mass is 19.4. The number of aliphatic imine (C=N–C) groups is 1. The van der Waals surface area contributed by atoms with Gasteiger partial charge in [0.25, 0.3) is 0 Å². The summed E-state index contributed by atoms with van der Waals surface area (Å²) < 4.78 is 71.7. The zero-order valence-electron chi connectivity index (χ0n) is 16.6. The molecule has 1 aromatic rings. The molecule has 9 heteroatoms. The fourth-order valence-corrected chi connectivity index (χ4v) is 2.78. The standard InChI is InChI=1S/C21H24F5N3O/c1-13(21(24,25)26)18(14(2)27-11-16-6-8-30-9-7-16)12-28-15(3)29-20-5-4-17(22)10-19(20)23/h4-5,10,12,16,27H,1-2,6-9,11H2,3H3,(H,28,29)/b18-12+. The molecule has 164 valence electrons. The Kier molecular flexibility index (Phi) is 8.16. The third-order valence-corrected chi connectivity index (χ3v) is 4.57. The lowest BCUT2D eigenvalue weighted by Gasteiger charge is -2.24. The SMILES string of the molecule is C=C(NCC1CCOCC1)/C(=C/N=C(C)Nc1ccc(F)cc1F)C(=C)C(F)(F)F. The Bertz CT molecular complexity index is 840. The number of benzene rings is 1. The van der Waals surface area contributed by atoms with E-state index in [2.05, 4.69) is 28.8 Å². The van der Waals surface area contributed by atoms with Crippen molar-refractivity contribution < 1.29 is 26.7 Å². The molecule has 1 aliphatic rings. The molecule has 0 amide bonds. The molecule has 0 atom stereocenters. The molecular formula is C21H24F5N3O. The van der Waals surface area contributed by atoms with E-state index < -0.39 is 23.4 Å². The van der Waals surface area contributed by atoms with Gasteiger partial charge in [0.1, 0.15) is 17.5 Å². The Morgan fingerprint density at radius 3 is 2.50 bits per heavy atom. The number of hydrogen-bond donors (Lipinski definition) is 2. The first kappa shape index (κ1) is 23.6. The lowest BCUT2D eigenvalue weighted by molar-refractivity contribution is -0.0888. The maximum atomic E-state index is 13.7. The number of hydrogen-bond acceptors (Lipinski definition) is 3. The van der Waals surface area contributed by atoms with E-state index in [1.54, 1.807) is 0 Å². The van der Waals surface area contributed by atoms with Crippen LogP contribution in [0.2, 0.25) is 0 Å². The molecule has 0 saturated carbocycles. The second-order valence-electron chi connectivity index (χ2n) is 6.90. The van der Waals surface area contributed by atoms with Crippen LogP contribution in [0.25, 0.3) is 0 Å². The number of alkyl halides is 3. The molecule has 0 radical (unpaired) electrons. The Morgan fingerprint density at radius 2 is 1.90 bits per heavy atom. The highest BCUT2D eigenvalue weighted by molar-refractivity contribution is 5.94. The maximum absolute atomic E-state index is 13.7. The second kappa shape index (κ2) is 10.4. The van der Waals surface area contributed by atoms with E-state index >= 15 is 0 Å². The zero-order valence-corrected chi connectivity index (χ0v) is 16.6. The normalized spacial score (nSPS) is 16.3. The van der Waals surface area contributed by atoms with Gasteiger partial charge in [0.05, 0.1) is 11.3 Å². The minimum absolute atomic E-state index is 0.0355. The van der Waals surface area contributed by atoms with E-state index in [-0.39, 0.29) is 28.7 Å². The van der Waals surface area contributed by atoms with Crippen LogP contribution in [0.4, 0.5) is 27.6 Å². The number of anilines is 1. The molecule has 0 aliphatic carbocycles. The van der Waals surface area contributed by atoms with Gasteiger partial charge in [0.2, 0.25) is 0 Å². The van der Waals surface area contributed by atoms with Gasteiger partial charge in [-0.2, -0.15) is 13.2 Å². The Morgan fingerprint density at radius 1 is 1.23 bits per heavy atom. The largest absolute Gasteiger partial charge is 0.416 e. The first-order valence-electron chi connectivity index (χ1n) is 9.32. The fourth-order valence-electron chi connectivity index (χ4n) is 2.78. The Balaban J connectivity index is 2.15. The lowest BCUT2D eigenvalue weighted by atomic mass is 9.99. The van der Waals surface area contributed by atoms with Crippen molar-refractivity contribution in [2.24, 2.45) is 10.9 Å². The van der Waals surface area contributed by atoms with Gasteiger partial charge in [-0.15, -0.1) is 0 Å². The molecule has 0 aromatic heterocycles. The molecule has 1 aromatic carbocycles. The summed E-state index contributed by atoms with van der Waals surface area (Å²) in [6.07, 6.45) is -2.08. The highest BCUT2D eigenvalue weighted by Gasteiger charge is 2.35. The predicted molar refractivity (Wildman–Crippen MR) is 107 cm³/mol. The summed E-state index contributed by atoms with van der Waals surface area (Å²) in [6.45, 7) is 9.94. The van der Waals surface area contributed by atoms with Crippen molar-refractivity contribution in [2.75, 3.05) is 25.1 Å². The number of allylic oxidation sites excluding steroid dienone is 1. The molecule has 1 heterocycles. The van der Waals surface area contributed by atoms with Crippen molar-refractivity contribution in [2.45, 2.75) is 25.9 Å². The minimum Gasteiger partial charge on any atom is -0.385 e. The van der Waals surface area contributed by atoms with Crippen molar-refractivity contribution >= 4 is 11.5 Å². The third kappa shape index (κ3) is 6.98. The maximum Gasteiger partial charge on any atom is 0.416 e. The average Bonchev–Trinajstić information content (AvgIpc) is 2.68. The molecule has 0 unspecified atom stereocenters. The number of nitrogens with zero attached hydrogens (tertiary/aromatic N) is 1. The van der Waals surface area contributed by atoms with E-state index in [0.29, 0.717) is 25.8 Å². The molecule has 2 rings (SSSR count). The summed E-state index contributed by atoms with van der Waals surface area (Å²) in [5, 5.41) is 5.51. The van der Waals surface area contributed by atoms with Crippen molar-refractivity contribution in [1.29, 1.82) is 0 Å². The number of ether oxygens (including phenoxy) is 1. The van der Waals surface area contributed by atoms with Crippen LogP contribution in [0, 0.1) is 17.6 Å². The number of halogens is 5. The first-order chi connectivity index (χ1) is 14.1. The number of nitrogens with one attached hydrogen (secondary N) is 2.